The van der Waals surface area contributed by atoms with Gasteiger partial charge in [-0.3, -0.25) is 0 Å². The second kappa shape index (κ2) is 8.18. The zero-order valence-electron chi connectivity index (χ0n) is 11.3. The van der Waals surface area contributed by atoms with Gasteiger partial charge in [-0.2, -0.15) is 0 Å². The lowest BCUT2D eigenvalue weighted by Crippen LogP contribution is -2.09. The molecule has 0 aliphatic carbocycles. The molecule has 0 radical (unpaired) electrons. The van der Waals surface area contributed by atoms with Gasteiger partial charge in [-0.05, 0) is 24.5 Å². The van der Waals surface area contributed by atoms with E-state index in [0.717, 1.165) is 12.8 Å². The summed E-state index contributed by atoms with van der Waals surface area (Å²) in [5, 5.41) is 0.596. The van der Waals surface area contributed by atoms with Crippen LogP contribution in [0.5, 0.6) is 0 Å². The molecule has 0 N–H and O–H groups in total. The van der Waals surface area contributed by atoms with Gasteiger partial charge in [0.05, 0.1) is 6.10 Å². The Labute approximate surface area is 127 Å². The Balaban J connectivity index is 1.81. The lowest BCUT2D eigenvalue weighted by molar-refractivity contribution is 0.0658. The molecule has 0 aliphatic rings. The second-order valence-electron chi connectivity index (χ2n) is 4.62. The maximum absolute atomic E-state index is 13.7. The van der Waals surface area contributed by atoms with Crippen molar-refractivity contribution in [2.45, 2.75) is 18.9 Å². The summed E-state index contributed by atoms with van der Waals surface area (Å²) in [7, 11) is 0. The Bertz CT molecular complexity index is 515. The maximum atomic E-state index is 13.7. The lowest BCUT2D eigenvalue weighted by Gasteiger charge is -2.16. The van der Waals surface area contributed by atoms with Crippen LogP contribution in [-0.4, -0.2) is 11.9 Å². The predicted octanol–water partition coefficient (Wildman–Crippen LogP) is 4.91. The molecule has 0 fully saturated rings. The first kappa shape index (κ1) is 15.2. The molecule has 106 valence electrons. The fourth-order valence-electron chi connectivity index (χ4n) is 2.10. The molecule has 1 nitrogen and oxygen atoms in total. The monoisotopic (exact) mass is 336 g/mol. The van der Waals surface area contributed by atoms with E-state index < -0.39 is 0 Å². The van der Waals surface area contributed by atoms with Crippen molar-refractivity contribution in [2.75, 3.05) is 11.9 Å². The van der Waals surface area contributed by atoms with Crippen LogP contribution in [0.3, 0.4) is 0 Å². The van der Waals surface area contributed by atoms with E-state index in [4.69, 9.17) is 4.74 Å². The molecule has 20 heavy (non-hydrogen) atoms. The van der Waals surface area contributed by atoms with E-state index in [1.807, 2.05) is 24.3 Å². The summed E-state index contributed by atoms with van der Waals surface area (Å²) in [5.74, 6) is -0.208. The Hall–Kier alpha value is -1.19. The van der Waals surface area contributed by atoms with Gasteiger partial charge in [0.15, 0.2) is 0 Å². The minimum absolute atomic E-state index is 0.208. The molecule has 1 atom stereocenters. The van der Waals surface area contributed by atoms with Gasteiger partial charge in [0, 0.05) is 17.5 Å². The van der Waals surface area contributed by atoms with Gasteiger partial charge in [-0.25, -0.2) is 4.39 Å². The van der Waals surface area contributed by atoms with Crippen LogP contribution in [0.1, 0.15) is 23.7 Å². The molecule has 0 amide bonds. The van der Waals surface area contributed by atoms with E-state index in [-0.39, 0.29) is 11.9 Å². The zero-order chi connectivity index (χ0) is 14.2. The molecule has 2 rings (SSSR count). The first-order chi connectivity index (χ1) is 9.81. The Morgan fingerprint density at radius 3 is 2.40 bits per heavy atom. The highest BCUT2D eigenvalue weighted by molar-refractivity contribution is 9.09. The number of rotatable bonds is 7. The van der Waals surface area contributed by atoms with Gasteiger partial charge in [0.1, 0.15) is 5.82 Å². The van der Waals surface area contributed by atoms with E-state index >= 15 is 0 Å². The normalized spacial score (nSPS) is 12.3. The van der Waals surface area contributed by atoms with Crippen LogP contribution in [-0.2, 0) is 11.2 Å². The highest BCUT2D eigenvalue weighted by atomic mass is 79.9. The predicted molar refractivity (Wildman–Crippen MR) is 83.7 cm³/mol. The molecule has 0 bridgehead atoms. The molecule has 2 aromatic rings. The summed E-state index contributed by atoms with van der Waals surface area (Å²) in [5.41, 5.74) is 1.92. The molecule has 0 heterocycles. The van der Waals surface area contributed by atoms with E-state index in [2.05, 4.69) is 28.1 Å². The minimum atomic E-state index is -0.230. The Morgan fingerprint density at radius 1 is 1.00 bits per heavy atom. The van der Waals surface area contributed by atoms with Crippen LogP contribution in [0.4, 0.5) is 4.39 Å². The Morgan fingerprint density at radius 2 is 1.70 bits per heavy atom. The minimum Gasteiger partial charge on any atom is -0.373 e. The van der Waals surface area contributed by atoms with Crippen LogP contribution in [0.25, 0.3) is 0 Å². The third-order valence-corrected chi connectivity index (χ3v) is 3.75. The molecule has 0 aliphatic heterocycles. The number of aryl methyl sites for hydroxylation is 1. The molecule has 0 saturated heterocycles. The van der Waals surface area contributed by atoms with Gasteiger partial charge < -0.3 is 4.74 Å². The number of hydrogen-bond acceptors (Lipinski definition) is 1. The molecule has 0 aromatic heterocycles. The van der Waals surface area contributed by atoms with Crippen molar-refractivity contribution < 1.29 is 9.13 Å². The summed E-state index contributed by atoms with van der Waals surface area (Å²) in [4.78, 5) is 0. The molecular weight excluding hydrogens is 319 g/mol. The summed E-state index contributed by atoms with van der Waals surface area (Å²) in [6.07, 6.45) is 1.68. The number of halogens is 2. The highest BCUT2D eigenvalue weighted by Gasteiger charge is 2.14. The number of hydrogen-bond donors (Lipinski definition) is 0. The standard InChI is InChI=1S/C17H18BrFO/c18-13-17(15-10-4-5-11-16(15)19)20-12-6-9-14-7-2-1-3-8-14/h1-5,7-8,10-11,17H,6,9,12-13H2. The fraction of sp³-hybridized carbons (Fsp3) is 0.294. The van der Waals surface area contributed by atoms with Crippen LogP contribution in [0.15, 0.2) is 54.6 Å². The summed E-state index contributed by atoms with van der Waals surface area (Å²) < 4.78 is 19.5. The van der Waals surface area contributed by atoms with Crippen molar-refractivity contribution in [3.8, 4) is 0 Å². The van der Waals surface area contributed by atoms with Gasteiger partial charge >= 0.3 is 0 Å². The average Bonchev–Trinajstić information content (AvgIpc) is 2.50. The number of ether oxygens (including phenoxy) is 1. The van der Waals surface area contributed by atoms with Crippen LogP contribution >= 0.6 is 15.9 Å². The molecular formula is C17H18BrFO. The topological polar surface area (TPSA) is 9.23 Å². The van der Waals surface area contributed by atoms with Crippen molar-refractivity contribution in [3.63, 3.8) is 0 Å². The number of alkyl halides is 1. The summed E-state index contributed by atoms with van der Waals surface area (Å²) in [6, 6.07) is 17.1. The average molecular weight is 337 g/mol. The lowest BCUT2D eigenvalue weighted by atomic mass is 10.1. The van der Waals surface area contributed by atoms with Gasteiger partial charge in [0.2, 0.25) is 0 Å². The van der Waals surface area contributed by atoms with Gasteiger partial charge in [0.25, 0.3) is 0 Å². The smallest absolute Gasteiger partial charge is 0.129 e. The van der Waals surface area contributed by atoms with Crippen LogP contribution in [0, 0.1) is 5.82 Å². The third-order valence-electron chi connectivity index (χ3n) is 3.16. The molecule has 1 unspecified atom stereocenters. The molecule has 0 saturated carbocycles. The van der Waals surface area contributed by atoms with E-state index in [1.165, 1.54) is 11.6 Å². The van der Waals surface area contributed by atoms with Crippen molar-refractivity contribution in [1.82, 2.24) is 0 Å². The van der Waals surface area contributed by atoms with Crippen molar-refractivity contribution >= 4 is 15.9 Å². The zero-order valence-corrected chi connectivity index (χ0v) is 12.9. The van der Waals surface area contributed by atoms with Gasteiger partial charge in [-0.15, -0.1) is 0 Å². The van der Waals surface area contributed by atoms with Gasteiger partial charge in [-0.1, -0.05) is 64.5 Å². The Kier molecular flexibility index (Phi) is 6.22. The highest BCUT2D eigenvalue weighted by Crippen LogP contribution is 2.22. The summed E-state index contributed by atoms with van der Waals surface area (Å²) >= 11 is 3.39. The number of benzene rings is 2. The van der Waals surface area contributed by atoms with Crippen LogP contribution in [0.2, 0.25) is 0 Å². The largest absolute Gasteiger partial charge is 0.373 e. The van der Waals surface area contributed by atoms with Crippen molar-refractivity contribution in [2.24, 2.45) is 0 Å². The van der Waals surface area contributed by atoms with Crippen molar-refractivity contribution in [1.29, 1.82) is 0 Å². The quantitative estimate of drug-likeness (QED) is 0.515. The van der Waals surface area contributed by atoms with Crippen molar-refractivity contribution in [3.05, 3.63) is 71.5 Å². The van der Waals surface area contributed by atoms with E-state index in [0.29, 0.717) is 17.5 Å². The third kappa shape index (κ3) is 4.43. The fourth-order valence-corrected chi connectivity index (χ4v) is 2.64. The van der Waals surface area contributed by atoms with E-state index in [9.17, 15) is 4.39 Å². The molecule has 0 spiro atoms. The first-order valence-electron chi connectivity index (χ1n) is 6.77. The summed E-state index contributed by atoms with van der Waals surface area (Å²) in [6.45, 7) is 0.624. The van der Waals surface area contributed by atoms with E-state index in [1.54, 1.807) is 12.1 Å². The first-order valence-corrected chi connectivity index (χ1v) is 7.89. The molecule has 2 aromatic carbocycles. The maximum Gasteiger partial charge on any atom is 0.129 e. The SMILES string of the molecule is Fc1ccccc1C(CBr)OCCCc1ccccc1. The van der Waals surface area contributed by atoms with Crippen LogP contribution < -0.4 is 0 Å². The second-order valence-corrected chi connectivity index (χ2v) is 5.27. The molecule has 3 heteroatoms.